The maximum absolute atomic E-state index is 12.9. The lowest BCUT2D eigenvalue weighted by molar-refractivity contribution is -0.123. The minimum Gasteiger partial charge on any atom is -0.348 e. The molecular weight excluding hydrogens is 267 g/mol. The molecule has 0 aromatic heterocycles. The van der Waals surface area contributed by atoms with E-state index in [1.165, 1.54) is 18.6 Å². The van der Waals surface area contributed by atoms with Crippen LogP contribution in [-0.2, 0) is 4.79 Å². The van der Waals surface area contributed by atoms with E-state index >= 15 is 0 Å². The molecule has 3 N–H and O–H groups in total. The van der Waals surface area contributed by atoms with E-state index in [1.807, 2.05) is 0 Å². The highest BCUT2D eigenvalue weighted by atomic mass is 35.5. The van der Waals surface area contributed by atoms with Crippen molar-refractivity contribution in [1.29, 1.82) is 0 Å². The normalized spacial score (nSPS) is 17.8. The van der Waals surface area contributed by atoms with Gasteiger partial charge in [-0.25, -0.2) is 4.39 Å². The van der Waals surface area contributed by atoms with Gasteiger partial charge in [-0.3, -0.25) is 4.79 Å². The van der Waals surface area contributed by atoms with Gasteiger partial charge in [0, 0.05) is 0 Å². The number of benzene rings is 1. The number of hydrogen-bond donors (Lipinski definition) is 2. The van der Waals surface area contributed by atoms with Crippen molar-refractivity contribution in [2.24, 2.45) is 11.7 Å². The zero-order valence-corrected chi connectivity index (χ0v) is 11.8. The van der Waals surface area contributed by atoms with E-state index in [0.29, 0.717) is 5.92 Å². The predicted molar refractivity (Wildman–Crippen MR) is 75.5 cm³/mol. The second-order valence-electron chi connectivity index (χ2n) is 5.02. The maximum Gasteiger partial charge on any atom is 0.237 e. The van der Waals surface area contributed by atoms with E-state index in [1.54, 1.807) is 19.1 Å². The molecule has 2 atom stereocenters. The molecule has 0 bridgehead atoms. The molecule has 0 saturated heterocycles. The van der Waals surface area contributed by atoms with Gasteiger partial charge in [0.2, 0.25) is 5.91 Å². The van der Waals surface area contributed by atoms with Crippen LogP contribution in [0.4, 0.5) is 4.39 Å². The molecule has 1 saturated carbocycles. The fourth-order valence-electron chi connectivity index (χ4n) is 2.20. The molecule has 0 radical (unpaired) electrons. The number of nitrogens with two attached hydrogens (primary N) is 1. The first-order valence-corrected chi connectivity index (χ1v) is 6.39. The number of nitrogens with one attached hydrogen (secondary N) is 1. The number of carbonyl (C=O) groups is 1. The molecule has 1 unspecified atom stereocenters. The average molecular weight is 287 g/mol. The summed E-state index contributed by atoms with van der Waals surface area (Å²) >= 11 is 0. The lowest BCUT2D eigenvalue weighted by Gasteiger charge is -2.35. The number of halogens is 2. The fourth-order valence-corrected chi connectivity index (χ4v) is 2.20. The molecule has 1 aliphatic rings. The van der Waals surface area contributed by atoms with Crippen molar-refractivity contribution in [2.75, 3.05) is 0 Å². The van der Waals surface area contributed by atoms with Gasteiger partial charge in [0.05, 0.1) is 12.1 Å². The molecule has 3 nitrogen and oxygen atoms in total. The summed E-state index contributed by atoms with van der Waals surface area (Å²) in [6, 6.07) is 5.77. The van der Waals surface area contributed by atoms with E-state index in [9.17, 15) is 9.18 Å². The predicted octanol–water partition coefficient (Wildman–Crippen LogP) is 2.55. The van der Waals surface area contributed by atoms with Crippen LogP contribution < -0.4 is 11.1 Å². The molecule has 1 aromatic rings. The highest BCUT2D eigenvalue weighted by molar-refractivity contribution is 5.85. The Labute approximate surface area is 119 Å². The SMILES string of the molecule is C[C@H](N)C(=O)NC(c1ccc(F)cc1)C1CCC1.Cl. The topological polar surface area (TPSA) is 55.1 Å². The third-order valence-electron chi connectivity index (χ3n) is 3.56. The summed E-state index contributed by atoms with van der Waals surface area (Å²) in [5.41, 5.74) is 6.53. The molecule has 0 heterocycles. The van der Waals surface area contributed by atoms with Crippen LogP contribution in [0.5, 0.6) is 0 Å². The van der Waals surface area contributed by atoms with Gasteiger partial charge in [0.25, 0.3) is 0 Å². The van der Waals surface area contributed by atoms with Gasteiger partial charge in [-0.2, -0.15) is 0 Å². The standard InChI is InChI=1S/C14H19FN2O.ClH/c1-9(16)14(18)17-13(10-3-2-4-10)11-5-7-12(15)8-6-11;/h5-10,13H,2-4,16H2,1H3,(H,17,18);1H/t9-,13?;/m0./s1. The van der Waals surface area contributed by atoms with Crippen molar-refractivity contribution >= 4 is 18.3 Å². The Morgan fingerprint density at radius 3 is 2.37 bits per heavy atom. The summed E-state index contributed by atoms with van der Waals surface area (Å²) in [6.45, 7) is 1.66. The van der Waals surface area contributed by atoms with E-state index in [0.717, 1.165) is 18.4 Å². The summed E-state index contributed by atoms with van der Waals surface area (Å²) < 4.78 is 12.9. The van der Waals surface area contributed by atoms with Crippen LogP contribution in [0.25, 0.3) is 0 Å². The molecule has 1 aliphatic carbocycles. The van der Waals surface area contributed by atoms with Gasteiger partial charge in [-0.15, -0.1) is 12.4 Å². The van der Waals surface area contributed by atoms with Crippen LogP contribution in [0.1, 0.15) is 37.8 Å². The molecule has 1 fully saturated rings. The monoisotopic (exact) mass is 286 g/mol. The van der Waals surface area contributed by atoms with Crippen LogP contribution >= 0.6 is 12.4 Å². The van der Waals surface area contributed by atoms with Gasteiger partial charge in [0.1, 0.15) is 5.82 Å². The summed E-state index contributed by atoms with van der Waals surface area (Å²) in [5, 5.41) is 2.97. The van der Waals surface area contributed by atoms with Crippen molar-refractivity contribution in [3.63, 3.8) is 0 Å². The third kappa shape index (κ3) is 3.91. The van der Waals surface area contributed by atoms with Gasteiger partial charge in [-0.1, -0.05) is 18.6 Å². The Morgan fingerprint density at radius 2 is 1.95 bits per heavy atom. The number of amides is 1. The van der Waals surface area contributed by atoms with Gasteiger partial charge in [-0.05, 0) is 43.4 Å². The summed E-state index contributed by atoms with van der Waals surface area (Å²) in [5.74, 6) is 0.0269. The van der Waals surface area contributed by atoms with Gasteiger partial charge in [0.15, 0.2) is 0 Å². The minimum absolute atomic E-state index is 0. The Morgan fingerprint density at radius 1 is 1.37 bits per heavy atom. The Hall–Kier alpha value is -1.13. The highest BCUT2D eigenvalue weighted by Gasteiger charge is 2.30. The van der Waals surface area contributed by atoms with E-state index in [-0.39, 0.29) is 30.2 Å². The first-order valence-electron chi connectivity index (χ1n) is 6.39. The second-order valence-corrected chi connectivity index (χ2v) is 5.02. The summed E-state index contributed by atoms with van der Waals surface area (Å²) in [7, 11) is 0. The summed E-state index contributed by atoms with van der Waals surface area (Å²) in [4.78, 5) is 11.7. The number of hydrogen-bond acceptors (Lipinski definition) is 2. The van der Waals surface area contributed by atoms with Crippen molar-refractivity contribution in [1.82, 2.24) is 5.32 Å². The van der Waals surface area contributed by atoms with E-state index < -0.39 is 6.04 Å². The highest BCUT2D eigenvalue weighted by Crippen LogP contribution is 2.37. The molecule has 2 rings (SSSR count). The van der Waals surface area contributed by atoms with Crippen LogP contribution in [0.3, 0.4) is 0 Å². The smallest absolute Gasteiger partial charge is 0.237 e. The van der Waals surface area contributed by atoms with Crippen molar-refractivity contribution < 1.29 is 9.18 Å². The zero-order valence-electron chi connectivity index (χ0n) is 10.9. The molecule has 0 aliphatic heterocycles. The number of rotatable bonds is 4. The van der Waals surface area contributed by atoms with Crippen LogP contribution in [-0.4, -0.2) is 11.9 Å². The van der Waals surface area contributed by atoms with Crippen LogP contribution in [0.15, 0.2) is 24.3 Å². The Kier molecular flexibility index (Phi) is 5.76. The molecular formula is C14H20ClFN2O. The lowest BCUT2D eigenvalue weighted by atomic mass is 9.77. The molecule has 1 amide bonds. The lowest BCUT2D eigenvalue weighted by Crippen LogP contribution is -2.43. The van der Waals surface area contributed by atoms with E-state index in [2.05, 4.69) is 5.32 Å². The van der Waals surface area contributed by atoms with Crippen molar-refractivity contribution in [2.45, 2.75) is 38.3 Å². The average Bonchev–Trinajstić information content (AvgIpc) is 2.26. The van der Waals surface area contributed by atoms with Crippen LogP contribution in [0, 0.1) is 11.7 Å². The number of carbonyl (C=O) groups excluding carboxylic acids is 1. The fraction of sp³-hybridized carbons (Fsp3) is 0.500. The van der Waals surface area contributed by atoms with Crippen molar-refractivity contribution in [3.8, 4) is 0 Å². The molecule has 19 heavy (non-hydrogen) atoms. The molecule has 106 valence electrons. The van der Waals surface area contributed by atoms with Crippen LogP contribution in [0.2, 0.25) is 0 Å². The first-order chi connectivity index (χ1) is 8.58. The Bertz CT molecular complexity index is 418. The maximum atomic E-state index is 12.9. The molecule has 5 heteroatoms. The largest absolute Gasteiger partial charge is 0.348 e. The third-order valence-corrected chi connectivity index (χ3v) is 3.56. The second kappa shape index (κ2) is 6.87. The minimum atomic E-state index is -0.520. The van der Waals surface area contributed by atoms with E-state index in [4.69, 9.17) is 5.73 Å². The molecule has 1 aromatic carbocycles. The quantitative estimate of drug-likeness (QED) is 0.894. The first kappa shape index (κ1) is 15.9. The zero-order chi connectivity index (χ0) is 13.1. The summed E-state index contributed by atoms with van der Waals surface area (Å²) in [6.07, 6.45) is 3.39. The Balaban J connectivity index is 0.00000180. The van der Waals surface area contributed by atoms with Crippen molar-refractivity contribution in [3.05, 3.63) is 35.6 Å². The van der Waals surface area contributed by atoms with Gasteiger partial charge < -0.3 is 11.1 Å². The molecule has 0 spiro atoms. The van der Waals surface area contributed by atoms with Gasteiger partial charge >= 0.3 is 0 Å².